The normalized spacial score (nSPS) is 24.1. The smallest absolute Gasteiger partial charge is 0.256 e. The number of nitrogens with zero attached hydrogens (tertiary/aromatic N) is 2. The van der Waals surface area contributed by atoms with Crippen LogP contribution in [0.3, 0.4) is 0 Å². The maximum Gasteiger partial charge on any atom is 0.256 e. The lowest BCUT2D eigenvalue weighted by Gasteiger charge is -2.41. The van der Waals surface area contributed by atoms with Crippen molar-refractivity contribution in [3.05, 3.63) is 29.8 Å². The zero-order chi connectivity index (χ0) is 16.6. The average Bonchev–Trinajstić information content (AvgIpc) is 2.99. The monoisotopic (exact) mass is 315 g/mol. The van der Waals surface area contributed by atoms with Crippen molar-refractivity contribution in [1.29, 1.82) is 0 Å². The molecule has 0 unspecified atom stereocenters. The molecule has 0 aromatic heterocycles. The number of hydrogen-bond donors (Lipinski definition) is 1. The van der Waals surface area contributed by atoms with Crippen LogP contribution in [0, 0.1) is 0 Å². The molecule has 1 N–H and O–H groups in total. The summed E-state index contributed by atoms with van der Waals surface area (Å²) in [7, 11) is 0. The van der Waals surface area contributed by atoms with E-state index < -0.39 is 0 Å². The highest BCUT2D eigenvalue weighted by Gasteiger charge is 2.42. The molecular weight excluding hydrogens is 290 g/mol. The van der Waals surface area contributed by atoms with Gasteiger partial charge < -0.3 is 15.1 Å². The molecule has 0 radical (unpaired) electrons. The third-order valence-corrected chi connectivity index (χ3v) is 4.76. The van der Waals surface area contributed by atoms with E-state index in [0.29, 0.717) is 12.1 Å². The van der Waals surface area contributed by atoms with Gasteiger partial charge in [-0.25, -0.2) is 0 Å². The molecule has 0 aliphatic carbocycles. The molecule has 2 amide bonds. The molecule has 2 aliphatic heterocycles. The first-order valence-electron chi connectivity index (χ1n) is 8.46. The number of rotatable bonds is 3. The van der Waals surface area contributed by atoms with Crippen LogP contribution in [0.15, 0.2) is 24.3 Å². The molecular formula is C18H25N3O2. The summed E-state index contributed by atoms with van der Waals surface area (Å²) in [5, 5.41) is 3.32. The molecule has 1 aromatic rings. The van der Waals surface area contributed by atoms with Crippen LogP contribution in [0.25, 0.3) is 0 Å². The lowest BCUT2D eigenvalue weighted by molar-refractivity contribution is -0.141. The van der Waals surface area contributed by atoms with Gasteiger partial charge in [0.15, 0.2) is 0 Å². The molecule has 2 aliphatic rings. The van der Waals surface area contributed by atoms with Gasteiger partial charge in [-0.1, -0.05) is 12.1 Å². The summed E-state index contributed by atoms with van der Waals surface area (Å²) >= 11 is 0. The quantitative estimate of drug-likeness (QED) is 0.931. The summed E-state index contributed by atoms with van der Waals surface area (Å²) in [4.78, 5) is 29.3. The van der Waals surface area contributed by atoms with Crippen molar-refractivity contribution in [2.45, 2.75) is 51.7 Å². The van der Waals surface area contributed by atoms with Crippen molar-refractivity contribution in [1.82, 2.24) is 9.80 Å². The zero-order valence-corrected chi connectivity index (χ0v) is 14.1. The van der Waals surface area contributed by atoms with Crippen LogP contribution in [0.4, 0.5) is 5.69 Å². The Morgan fingerprint density at radius 1 is 1.30 bits per heavy atom. The van der Waals surface area contributed by atoms with Crippen LogP contribution >= 0.6 is 0 Å². The predicted molar refractivity (Wildman–Crippen MR) is 90.4 cm³/mol. The molecule has 0 saturated carbocycles. The Labute approximate surface area is 137 Å². The minimum absolute atomic E-state index is 0.0545. The van der Waals surface area contributed by atoms with E-state index in [2.05, 4.69) is 5.32 Å². The van der Waals surface area contributed by atoms with Crippen LogP contribution in [0.5, 0.6) is 0 Å². The number of amides is 2. The van der Waals surface area contributed by atoms with Gasteiger partial charge >= 0.3 is 0 Å². The van der Waals surface area contributed by atoms with Crippen LogP contribution in [0.1, 0.15) is 44.0 Å². The van der Waals surface area contributed by atoms with Crippen molar-refractivity contribution in [3.63, 3.8) is 0 Å². The highest BCUT2D eigenvalue weighted by molar-refractivity contribution is 6.02. The van der Waals surface area contributed by atoms with Gasteiger partial charge in [-0.2, -0.15) is 0 Å². The van der Waals surface area contributed by atoms with E-state index in [1.54, 1.807) is 4.90 Å². The van der Waals surface area contributed by atoms with Crippen molar-refractivity contribution in [2.24, 2.45) is 0 Å². The summed E-state index contributed by atoms with van der Waals surface area (Å²) in [6.45, 7) is 7.41. The second kappa shape index (κ2) is 6.22. The number of piperazine rings is 1. The molecule has 2 heterocycles. The summed E-state index contributed by atoms with van der Waals surface area (Å²) in [6, 6.07) is 7.60. The summed E-state index contributed by atoms with van der Waals surface area (Å²) in [5.74, 6) is 0.0301. The largest absolute Gasteiger partial charge is 0.382 e. The predicted octanol–water partition coefficient (Wildman–Crippen LogP) is 2.34. The lowest BCUT2D eigenvalue weighted by Crippen LogP contribution is -2.60. The first-order chi connectivity index (χ1) is 11.0. The number of para-hydroxylation sites is 1. The maximum atomic E-state index is 13.1. The topological polar surface area (TPSA) is 52.7 Å². The second-order valence-corrected chi connectivity index (χ2v) is 6.81. The highest BCUT2D eigenvalue weighted by Crippen LogP contribution is 2.28. The molecule has 2 atom stereocenters. The number of hydrogen-bond acceptors (Lipinski definition) is 3. The summed E-state index contributed by atoms with van der Waals surface area (Å²) in [5.41, 5.74) is 1.48. The number of carbonyl (C=O) groups excluding carboxylic acids is 2. The van der Waals surface area contributed by atoms with Crippen molar-refractivity contribution in [3.8, 4) is 0 Å². The van der Waals surface area contributed by atoms with Gasteiger partial charge in [-0.3, -0.25) is 9.59 Å². The van der Waals surface area contributed by atoms with Gasteiger partial charge in [0.1, 0.15) is 6.04 Å². The van der Waals surface area contributed by atoms with Crippen LogP contribution in [-0.4, -0.2) is 52.8 Å². The number of fused-ring (bicyclic) bond motifs is 1. The molecule has 124 valence electrons. The third kappa shape index (κ3) is 2.92. The highest BCUT2D eigenvalue weighted by atomic mass is 16.2. The molecule has 23 heavy (non-hydrogen) atoms. The molecule has 5 nitrogen and oxygen atoms in total. The fourth-order valence-corrected chi connectivity index (χ4v) is 3.59. The van der Waals surface area contributed by atoms with Gasteiger partial charge in [-0.05, 0) is 45.7 Å². The Bertz CT molecular complexity index is 614. The van der Waals surface area contributed by atoms with Gasteiger partial charge in [0.05, 0.1) is 5.56 Å². The second-order valence-electron chi connectivity index (χ2n) is 6.81. The van der Waals surface area contributed by atoms with Crippen molar-refractivity contribution >= 4 is 17.5 Å². The fourth-order valence-electron chi connectivity index (χ4n) is 3.59. The standard InChI is InChI=1S/C18H25N3O2/c1-12(2)19-16-9-5-4-8-15(16)18(23)21-11-14-7-6-10-20(14)17(22)13(21)3/h4-5,8-9,12-14,19H,6-7,10-11H2,1-3H3/t13-,14+/m1/s1. The molecule has 5 heteroatoms. The van der Waals surface area contributed by atoms with Gasteiger partial charge in [0.2, 0.25) is 5.91 Å². The van der Waals surface area contributed by atoms with Crippen molar-refractivity contribution in [2.75, 3.05) is 18.4 Å². The molecule has 0 spiro atoms. The van der Waals surface area contributed by atoms with Gasteiger partial charge in [0.25, 0.3) is 5.91 Å². The Morgan fingerprint density at radius 3 is 2.78 bits per heavy atom. The minimum Gasteiger partial charge on any atom is -0.382 e. The van der Waals surface area contributed by atoms with Crippen LogP contribution in [-0.2, 0) is 4.79 Å². The van der Waals surface area contributed by atoms with E-state index in [0.717, 1.165) is 25.1 Å². The summed E-state index contributed by atoms with van der Waals surface area (Å²) in [6.07, 6.45) is 2.03. The number of anilines is 1. The Balaban J connectivity index is 1.87. The van der Waals surface area contributed by atoms with Gasteiger partial charge in [0, 0.05) is 30.9 Å². The average molecular weight is 315 g/mol. The lowest BCUT2D eigenvalue weighted by atomic mass is 10.0. The first kappa shape index (κ1) is 15.8. The van der Waals surface area contributed by atoms with E-state index in [9.17, 15) is 9.59 Å². The van der Waals surface area contributed by atoms with E-state index in [1.165, 1.54) is 0 Å². The van der Waals surface area contributed by atoms with E-state index >= 15 is 0 Å². The SMILES string of the molecule is CC(C)Nc1ccccc1C(=O)N1C[C@@H]2CCCN2C(=O)[C@H]1C. The number of nitrogens with one attached hydrogen (secondary N) is 1. The number of carbonyl (C=O) groups is 2. The van der Waals surface area contributed by atoms with E-state index in [1.807, 2.05) is 49.9 Å². The molecule has 1 aromatic carbocycles. The Kier molecular flexibility index (Phi) is 4.28. The molecule has 2 saturated heterocycles. The molecule has 0 bridgehead atoms. The molecule has 3 rings (SSSR count). The van der Waals surface area contributed by atoms with E-state index in [-0.39, 0.29) is 29.9 Å². The fraction of sp³-hybridized carbons (Fsp3) is 0.556. The Hall–Kier alpha value is -2.04. The van der Waals surface area contributed by atoms with Crippen LogP contribution < -0.4 is 5.32 Å². The maximum absolute atomic E-state index is 13.1. The van der Waals surface area contributed by atoms with E-state index in [4.69, 9.17) is 0 Å². The zero-order valence-electron chi connectivity index (χ0n) is 14.1. The van der Waals surface area contributed by atoms with Gasteiger partial charge in [-0.15, -0.1) is 0 Å². The Morgan fingerprint density at radius 2 is 2.04 bits per heavy atom. The number of benzene rings is 1. The molecule has 2 fully saturated rings. The minimum atomic E-state index is -0.385. The van der Waals surface area contributed by atoms with Crippen LogP contribution in [0.2, 0.25) is 0 Å². The summed E-state index contributed by atoms with van der Waals surface area (Å²) < 4.78 is 0. The first-order valence-corrected chi connectivity index (χ1v) is 8.46. The third-order valence-electron chi connectivity index (χ3n) is 4.76. The van der Waals surface area contributed by atoms with Crippen molar-refractivity contribution < 1.29 is 9.59 Å².